The number of benzodiazepines with no additional fused rings is 1. The van der Waals surface area contributed by atoms with Crippen molar-refractivity contribution in [2.75, 3.05) is 23.5 Å². The maximum atomic E-state index is 13.7. The number of nitrogens with zero attached hydrogens (tertiary/aromatic N) is 2. The van der Waals surface area contributed by atoms with Crippen LogP contribution in [0.1, 0.15) is 50.2 Å². The lowest BCUT2D eigenvalue weighted by atomic mass is 9.81. The second kappa shape index (κ2) is 14.9. The van der Waals surface area contributed by atoms with Gasteiger partial charge < -0.3 is 10.2 Å². The number of hydrogen-bond acceptors (Lipinski definition) is 5. The van der Waals surface area contributed by atoms with Crippen LogP contribution in [0.15, 0.2) is 59.6 Å². The molecule has 234 valence electrons. The largest absolute Gasteiger partial charge is 0.389 e. The van der Waals surface area contributed by atoms with Gasteiger partial charge in [-0.25, -0.2) is 4.99 Å². The third-order valence-corrected chi connectivity index (χ3v) is 8.16. The van der Waals surface area contributed by atoms with Crippen LogP contribution in [-0.2, 0) is 14.4 Å². The van der Waals surface area contributed by atoms with Crippen molar-refractivity contribution in [3.05, 3.63) is 65.7 Å². The van der Waals surface area contributed by atoms with Crippen molar-refractivity contribution in [2.24, 2.45) is 16.8 Å². The van der Waals surface area contributed by atoms with E-state index in [1.54, 1.807) is 54.6 Å². The van der Waals surface area contributed by atoms with E-state index >= 15 is 0 Å². The lowest BCUT2D eigenvalue weighted by molar-refractivity contribution is -0.152. The summed E-state index contributed by atoms with van der Waals surface area (Å²) in [5, 5.41) is 2.38. The molecule has 0 bridgehead atoms. The third kappa shape index (κ3) is 9.84. The third-order valence-electron chi connectivity index (χ3n) is 6.98. The zero-order chi connectivity index (χ0) is 31.8. The van der Waals surface area contributed by atoms with E-state index in [1.165, 1.54) is 11.9 Å². The first kappa shape index (κ1) is 34.1. The molecule has 0 fully saturated rings. The van der Waals surface area contributed by atoms with Gasteiger partial charge in [0.15, 0.2) is 0 Å². The van der Waals surface area contributed by atoms with Crippen LogP contribution in [0, 0.1) is 11.8 Å². The van der Waals surface area contributed by atoms with Gasteiger partial charge in [-0.3, -0.25) is 14.4 Å². The molecule has 2 amide bonds. The molecule has 2 aromatic carbocycles. The molecule has 6 nitrogen and oxygen atoms in total. The predicted octanol–water partition coefficient (Wildman–Crippen LogP) is 6.57. The van der Waals surface area contributed by atoms with Crippen molar-refractivity contribution in [3.63, 3.8) is 0 Å². The molecule has 1 aliphatic heterocycles. The number of Topliss-reactive ketones (excluding diaryl/α,β-unsaturated/α-hetero) is 1. The van der Waals surface area contributed by atoms with Crippen molar-refractivity contribution in [1.29, 1.82) is 0 Å². The molecule has 0 aliphatic carbocycles. The van der Waals surface area contributed by atoms with E-state index in [4.69, 9.17) is 0 Å². The predicted molar refractivity (Wildman–Crippen MR) is 154 cm³/mol. The van der Waals surface area contributed by atoms with Crippen LogP contribution >= 0.6 is 11.8 Å². The Morgan fingerprint density at radius 1 is 0.930 bits per heavy atom. The van der Waals surface area contributed by atoms with Gasteiger partial charge in [0.05, 0.1) is 17.2 Å². The highest BCUT2D eigenvalue weighted by molar-refractivity contribution is 7.99. The lowest BCUT2D eigenvalue weighted by Gasteiger charge is -2.28. The van der Waals surface area contributed by atoms with Crippen molar-refractivity contribution in [2.45, 2.75) is 57.5 Å². The summed E-state index contributed by atoms with van der Waals surface area (Å²) in [6, 6.07) is 15.5. The number of likely N-dealkylation sites (N-methyl/N-ethyl adjacent to an activating group) is 1. The number of thioether (sulfide) groups is 1. The first-order valence-corrected chi connectivity index (χ1v) is 14.9. The topological polar surface area (TPSA) is 78.8 Å². The molecule has 0 radical (unpaired) electrons. The number of halogens is 6. The fraction of sp³-hybridized carbons (Fsp3) is 0.467. The van der Waals surface area contributed by atoms with Gasteiger partial charge in [-0.15, -0.1) is 0 Å². The summed E-state index contributed by atoms with van der Waals surface area (Å²) < 4.78 is 79.5. The molecule has 2 aromatic rings. The quantitative estimate of drug-likeness (QED) is 0.201. The Bertz CT molecular complexity index is 1300. The average Bonchev–Trinajstić information content (AvgIpc) is 3.04. The van der Waals surface area contributed by atoms with Crippen LogP contribution in [0.2, 0.25) is 0 Å². The second-order valence-corrected chi connectivity index (χ2v) is 11.3. The fourth-order valence-corrected chi connectivity index (χ4v) is 5.70. The highest BCUT2D eigenvalue weighted by Gasteiger charge is 2.41. The number of benzene rings is 2. The van der Waals surface area contributed by atoms with Gasteiger partial charge >= 0.3 is 12.4 Å². The molecule has 1 aliphatic rings. The number of anilines is 1. The van der Waals surface area contributed by atoms with Gasteiger partial charge in [0.1, 0.15) is 5.78 Å². The van der Waals surface area contributed by atoms with E-state index in [1.807, 2.05) is 6.92 Å². The van der Waals surface area contributed by atoms with Crippen LogP contribution in [0.4, 0.5) is 32.0 Å². The highest BCUT2D eigenvalue weighted by Crippen LogP contribution is 2.34. The maximum absolute atomic E-state index is 13.7. The molecule has 0 unspecified atom stereocenters. The zero-order valence-electron chi connectivity index (χ0n) is 23.7. The Labute approximate surface area is 250 Å². The lowest BCUT2D eigenvalue weighted by Crippen LogP contribution is -2.49. The van der Waals surface area contributed by atoms with Gasteiger partial charge in [-0.1, -0.05) is 55.5 Å². The van der Waals surface area contributed by atoms with Crippen molar-refractivity contribution >= 4 is 40.8 Å². The number of hydrogen-bond donors (Lipinski definition) is 1. The average molecular weight is 630 g/mol. The first-order valence-electron chi connectivity index (χ1n) is 13.8. The van der Waals surface area contributed by atoms with Crippen LogP contribution in [0.5, 0.6) is 0 Å². The van der Waals surface area contributed by atoms with Crippen LogP contribution < -0.4 is 10.2 Å². The van der Waals surface area contributed by atoms with E-state index < -0.39 is 73.6 Å². The Morgan fingerprint density at radius 3 is 2.12 bits per heavy atom. The number of carbonyl (C=O) groups is 3. The number of nitrogens with one attached hydrogen (secondary N) is 1. The number of carbonyl (C=O) groups excluding carboxylic acids is 3. The first-order chi connectivity index (χ1) is 20.2. The van der Waals surface area contributed by atoms with Crippen molar-refractivity contribution in [1.82, 2.24) is 5.32 Å². The van der Waals surface area contributed by atoms with E-state index in [2.05, 4.69) is 10.3 Å². The highest BCUT2D eigenvalue weighted by atomic mass is 32.2. The van der Waals surface area contributed by atoms with Crippen LogP contribution in [-0.4, -0.2) is 60.4 Å². The molecule has 1 heterocycles. The molecule has 13 heteroatoms. The summed E-state index contributed by atoms with van der Waals surface area (Å²) in [6.45, 7) is 1.83. The molecule has 0 aromatic heterocycles. The van der Waals surface area contributed by atoms with Gasteiger partial charge in [-0.05, 0) is 31.1 Å². The number of rotatable bonds is 13. The SMILES string of the molecule is CCCSCC(=O)[C@@H](CCC(F)(F)F)[C@@H](CCC(F)(F)F)C(=O)N[C@H]1N=C(c2ccccc2)c2ccccc2N(C)C1=O. The summed E-state index contributed by atoms with van der Waals surface area (Å²) in [5.41, 5.74) is 1.94. The molecule has 0 saturated carbocycles. The smallest absolute Gasteiger partial charge is 0.326 e. The maximum Gasteiger partial charge on any atom is 0.389 e. The summed E-state index contributed by atoms with van der Waals surface area (Å²) in [4.78, 5) is 46.0. The molecule has 1 N–H and O–H groups in total. The monoisotopic (exact) mass is 629 g/mol. The van der Waals surface area contributed by atoms with Gasteiger partial charge in [0, 0.05) is 42.9 Å². The number of ketones is 1. The Kier molecular flexibility index (Phi) is 11.8. The van der Waals surface area contributed by atoms with Gasteiger partial charge in [0.2, 0.25) is 12.1 Å². The van der Waals surface area contributed by atoms with Gasteiger partial charge in [-0.2, -0.15) is 38.1 Å². The Hall–Kier alpha value is -3.35. The summed E-state index contributed by atoms with van der Waals surface area (Å²) >= 11 is 1.14. The van der Waals surface area contributed by atoms with Crippen LogP contribution in [0.3, 0.4) is 0 Å². The zero-order valence-corrected chi connectivity index (χ0v) is 24.5. The normalized spacial score (nSPS) is 17.0. The van der Waals surface area contributed by atoms with E-state index in [0.717, 1.165) is 11.8 Å². The molecule has 0 saturated heterocycles. The van der Waals surface area contributed by atoms with E-state index in [0.29, 0.717) is 34.7 Å². The molecular formula is C30H33F6N3O3S. The molecule has 0 spiro atoms. The van der Waals surface area contributed by atoms with E-state index in [9.17, 15) is 40.7 Å². The van der Waals surface area contributed by atoms with Gasteiger partial charge in [0.25, 0.3) is 5.91 Å². The number of amides is 2. The van der Waals surface area contributed by atoms with Crippen molar-refractivity contribution < 1.29 is 40.7 Å². The minimum atomic E-state index is -4.73. The fourth-order valence-electron chi connectivity index (χ4n) is 4.85. The van der Waals surface area contributed by atoms with Crippen LogP contribution in [0.25, 0.3) is 0 Å². The number of para-hydroxylation sites is 1. The van der Waals surface area contributed by atoms with Crippen molar-refractivity contribution in [3.8, 4) is 0 Å². The summed E-state index contributed by atoms with van der Waals surface area (Å²) in [6.07, 6.45) is -15.1. The molecule has 3 atom stereocenters. The number of fused-ring (bicyclic) bond motifs is 1. The molecular weight excluding hydrogens is 596 g/mol. The summed E-state index contributed by atoms with van der Waals surface area (Å²) in [5.74, 6) is -5.73. The minimum absolute atomic E-state index is 0.247. The minimum Gasteiger partial charge on any atom is -0.326 e. The summed E-state index contributed by atoms with van der Waals surface area (Å²) in [7, 11) is 1.45. The number of alkyl halides is 6. The standard InChI is InChI=1S/C30H33F6N3O3S/c1-3-17-43-18-24(40)20(13-15-29(31,32)33)21(14-16-30(34,35)36)27(41)38-26-28(42)39(2)23-12-8-7-11-22(23)25(37-26)19-9-5-4-6-10-19/h4-12,20-21,26H,3,13-18H2,1-2H3,(H,38,41)/t20-,21+,26+/m0/s1. The molecule has 3 rings (SSSR count). The molecule has 43 heavy (non-hydrogen) atoms. The second-order valence-electron chi connectivity index (χ2n) is 10.2. The van der Waals surface area contributed by atoms with E-state index in [-0.39, 0.29) is 5.75 Å². The Balaban J connectivity index is 2.02. The number of aliphatic imine (C=N–C) groups is 1. The Morgan fingerprint density at radius 2 is 1.51 bits per heavy atom.